The zero-order valence-electron chi connectivity index (χ0n) is 16.0. The van der Waals surface area contributed by atoms with Crippen LogP contribution in [0.15, 0.2) is 36.4 Å². The van der Waals surface area contributed by atoms with E-state index in [4.69, 9.17) is 4.74 Å². The Morgan fingerprint density at radius 3 is 2.85 bits per heavy atom. The second-order valence-corrected chi connectivity index (χ2v) is 7.13. The van der Waals surface area contributed by atoms with Crippen LogP contribution in [0.4, 0.5) is 0 Å². The van der Waals surface area contributed by atoms with Crippen molar-refractivity contribution in [2.75, 3.05) is 6.54 Å². The lowest BCUT2D eigenvalue weighted by Gasteiger charge is -2.35. The molecular weight excluding hydrogens is 324 g/mol. The van der Waals surface area contributed by atoms with E-state index in [1.165, 1.54) is 12.0 Å². The second-order valence-electron chi connectivity index (χ2n) is 7.13. The molecule has 1 aromatic carbocycles. The number of aryl methyl sites for hydroxylation is 2. The van der Waals surface area contributed by atoms with Gasteiger partial charge in [-0.15, -0.1) is 0 Å². The maximum absolute atomic E-state index is 12.9. The van der Waals surface area contributed by atoms with Gasteiger partial charge in [0.1, 0.15) is 18.1 Å². The molecule has 1 aliphatic heterocycles. The van der Waals surface area contributed by atoms with E-state index in [1.807, 2.05) is 42.2 Å². The number of likely N-dealkylation sites (tertiary alicyclic amines) is 1. The Labute approximate surface area is 156 Å². The molecule has 3 rings (SSSR count). The first kappa shape index (κ1) is 18.4. The van der Waals surface area contributed by atoms with Gasteiger partial charge in [0.25, 0.3) is 5.91 Å². The zero-order chi connectivity index (χ0) is 18.5. The number of carbonyl (C=O) groups is 1. The highest BCUT2D eigenvalue weighted by Crippen LogP contribution is 2.22. The Hall–Kier alpha value is -2.36. The Morgan fingerprint density at radius 2 is 2.08 bits per heavy atom. The lowest BCUT2D eigenvalue weighted by Crippen LogP contribution is -2.43. The Balaban J connectivity index is 1.70. The number of rotatable bonds is 5. The topological polar surface area (TPSA) is 42.4 Å². The summed E-state index contributed by atoms with van der Waals surface area (Å²) in [5, 5.41) is 0. The molecule has 0 aliphatic carbocycles. The first-order valence-corrected chi connectivity index (χ1v) is 9.55. The fraction of sp³-hybridized carbons (Fsp3) is 0.455. The number of hydrogen-bond donors (Lipinski definition) is 0. The van der Waals surface area contributed by atoms with Gasteiger partial charge in [0.05, 0.1) is 5.69 Å². The molecule has 1 saturated heterocycles. The van der Waals surface area contributed by atoms with E-state index in [9.17, 15) is 4.79 Å². The summed E-state index contributed by atoms with van der Waals surface area (Å²) >= 11 is 0. The number of nitrogens with zero attached hydrogens (tertiary/aromatic N) is 2. The molecular formula is C22H28N2O2. The molecule has 1 unspecified atom stereocenters. The molecule has 0 N–H and O–H groups in total. The van der Waals surface area contributed by atoms with E-state index in [-0.39, 0.29) is 5.91 Å². The number of aromatic nitrogens is 1. The number of piperidine rings is 1. The van der Waals surface area contributed by atoms with Crippen LogP contribution in [-0.4, -0.2) is 28.4 Å². The summed E-state index contributed by atoms with van der Waals surface area (Å²) in [5.41, 5.74) is 3.62. The van der Waals surface area contributed by atoms with Crippen LogP contribution < -0.4 is 4.74 Å². The number of carbonyl (C=O) groups excluding carboxylic acids is 1. The zero-order valence-corrected chi connectivity index (χ0v) is 16.0. The van der Waals surface area contributed by atoms with E-state index in [1.54, 1.807) is 0 Å². The molecule has 1 atom stereocenters. The minimum Gasteiger partial charge on any atom is -0.487 e. The maximum Gasteiger partial charge on any atom is 0.272 e. The van der Waals surface area contributed by atoms with Gasteiger partial charge in [-0.1, -0.05) is 30.7 Å². The minimum atomic E-state index is 0.0462. The average Bonchev–Trinajstić information content (AvgIpc) is 2.67. The van der Waals surface area contributed by atoms with Crippen molar-refractivity contribution in [3.8, 4) is 5.75 Å². The number of ether oxygens (including phenoxy) is 1. The van der Waals surface area contributed by atoms with Crippen LogP contribution in [0.25, 0.3) is 0 Å². The van der Waals surface area contributed by atoms with Gasteiger partial charge in [0, 0.05) is 12.6 Å². The van der Waals surface area contributed by atoms with Crippen molar-refractivity contribution in [3.05, 3.63) is 58.9 Å². The summed E-state index contributed by atoms with van der Waals surface area (Å²) in [6.07, 6.45) is 4.39. The van der Waals surface area contributed by atoms with Gasteiger partial charge in [0.2, 0.25) is 0 Å². The van der Waals surface area contributed by atoms with Gasteiger partial charge in [-0.3, -0.25) is 4.79 Å². The van der Waals surface area contributed by atoms with E-state index >= 15 is 0 Å². The van der Waals surface area contributed by atoms with Crippen LogP contribution in [0.2, 0.25) is 0 Å². The lowest BCUT2D eigenvalue weighted by atomic mass is 9.99. The fourth-order valence-corrected chi connectivity index (χ4v) is 3.63. The fourth-order valence-electron chi connectivity index (χ4n) is 3.63. The minimum absolute atomic E-state index is 0.0462. The predicted molar refractivity (Wildman–Crippen MR) is 103 cm³/mol. The van der Waals surface area contributed by atoms with Crippen molar-refractivity contribution in [2.45, 2.75) is 59.1 Å². The summed E-state index contributed by atoms with van der Waals surface area (Å²) in [6.45, 7) is 7.46. The number of hydrogen-bond acceptors (Lipinski definition) is 3. The van der Waals surface area contributed by atoms with Gasteiger partial charge in [-0.05, 0) is 63.3 Å². The average molecular weight is 352 g/mol. The molecule has 1 amide bonds. The third-order valence-electron chi connectivity index (χ3n) is 5.09. The molecule has 1 aliphatic rings. The normalized spacial score (nSPS) is 17.2. The van der Waals surface area contributed by atoms with Crippen LogP contribution >= 0.6 is 0 Å². The first-order valence-electron chi connectivity index (χ1n) is 9.55. The number of benzene rings is 1. The molecule has 2 heterocycles. The Morgan fingerprint density at radius 1 is 1.23 bits per heavy atom. The SMILES string of the molecule is CCC1CCCCN1C(=O)c1cccc(COc2ccc(C)cc2C)n1. The molecule has 0 saturated carbocycles. The van der Waals surface area contributed by atoms with Crippen LogP contribution in [0, 0.1) is 13.8 Å². The lowest BCUT2D eigenvalue weighted by molar-refractivity contribution is 0.0601. The highest BCUT2D eigenvalue weighted by molar-refractivity contribution is 5.92. The van der Waals surface area contributed by atoms with Gasteiger partial charge in [0.15, 0.2) is 0 Å². The maximum atomic E-state index is 12.9. The van der Waals surface area contributed by atoms with Gasteiger partial charge in [-0.25, -0.2) is 4.98 Å². The summed E-state index contributed by atoms with van der Waals surface area (Å²) in [5.74, 6) is 0.904. The van der Waals surface area contributed by atoms with Crippen LogP contribution in [0.1, 0.15) is 59.9 Å². The van der Waals surface area contributed by atoms with Gasteiger partial charge >= 0.3 is 0 Å². The third kappa shape index (κ3) is 4.24. The van der Waals surface area contributed by atoms with Crippen LogP contribution in [0.3, 0.4) is 0 Å². The van der Waals surface area contributed by atoms with Crippen LogP contribution in [-0.2, 0) is 6.61 Å². The highest BCUT2D eigenvalue weighted by atomic mass is 16.5. The molecule has 0 radical (unpaired) electrons. The monoisotopic (exact) mass is 352 g/mol. The van der Waals surface area contributed by atoms with Crippen molar-refractivity contribution in [1.29, 1.82) is 0 Å². The number of pyridine rings is 1. The van der Waals surface area contributed by atoms with Crippen molar-refractivity contribution >= 4 is 5.91 Å². The highest BCUT2D eigenvalue weighted by Gasteiger charge is 2.26. The molecule has 2 aromatic rings. The van der Waals surface area contributed by atoms with E-state index < -0.39 is 0 Å². The summed E-state index contributed by atoms with van der Waals surface area (Å²) in [6, 6.07) is 12.1. The largest absolute Gasteiger partial charge is 0.487 e. The standard InChI is InChI=1S/C22H28N2O2/c1-4-19-9-5-6-13-24(19)22(25)20-10-7-8-18(23-20)15-26-21-12-11-16(2)14-17(21)3/h7-8,10-12,14,19H,4-6,9,13,15H2,1-3H3. The van der Waals surface area contributed by atoms with Crippen molar-refractivity contribution in [3.63, 3.8) is 0 Å². The Kier molecular flexibility index (Phi) is 5.92. The third-order valence-corrected chi connectivity index (χ3v) is 5.09. The van der Waals surface area contributed by atoms with E-state index in [0.29, 0.717) is 18.3 Å². The molecule has 26 heavy (non-hydrogen) atoms. The quantitative estimate of drug-likeness (QED) is 0.784. The Bertz CT molecular complexity index is 772. The molecule has 1 fully saturated rings. The molecule has 0 bridgehead atoms. The first-order chi connectivity index (χ1) is 12.6. The molecule has 138 valence electrons. The molecule has 1 aromatic heterocycles. The van der Waals surface area contributed by atoms with Crippen LogP contribution in [0.5, 0.6) is 5.75 Å². The second kappa shape index (κ2) is 8.35. The predicted octanol–water partition coefficient (Wildman–Crippen LogP) is 4.68. The molecule has 0 spiro atoms. The van der Waals surface area contributed by atoms with Crippen molar-refractivity contribution < 1.29 is 9.53 Å². The summed E-state index contributed by atoms with van der Waals surface area (Å²) < 4.78 is 5.91. The smallest absolute Gasteiger partial charge is 0.272 e. The molecule has 4 nitrogen and oxygen atoms in total. The van der Waals surface area contributed by atoms with Crippen molar-refractivity contribution in [1.82, 2.24) is 9.88 Å². The van der Waals surface area contributed by atoms with E-state index in [2.05, 4.69) is 24.9 Å². The molecule has 4 heteroatoms. The van der Waals surface area contributed by atoms with E-state index in [0.717, 1.165) is 42.8 Å². The summed E-state index contributed by atoms with van der Waals surface area (Å²) in [4.78, 5) is 19.5. The van der Waals surface area contributed by atoms with Crippen molar-refractivity contribution in [2.24, 2.45) is 0 Å². The number of amides is 1. The summed E-state index contributed by atoms with van der Waals surface area (Å²) in [7, 11) is 0. The van der Waals surface area contributed by atoms with Gasteiger partial charge < -0.3 is 9.64 Å². The van der Waals surface area contributed by atoms with Gasteiger partial charge in [-0.2, -0.15) is 0 Å².